The number of aryl methyl sites for hydroxylation is 1. The zero-order chi connectivity index (χ0) is 18.4. The molecule has 0 saturated carbocycles. The van der Waals surface area contributed by atoms with Crippen LogP contribution in [-0.4, -0.2) is 52.8 Å². The fourth-order valence-corrected chi connectivity index (χ4v) is 3.28. The lowest BCUT2D eigenvalue weighted by Crippen LogP contribution is -2.47. The van der Waals surface area contributed by atoms with Gasteiger partial charge in [-0.05, 0) is 34.6 Å². The summed E-state index contributed by atoms with van der Waals surface area (Å²) in [5.74, 6) is 0.221. The topological polar surface area (TPSA) is 97.8 Å². The number of fused-ring (bicyclic) bond motifs is 2. The highest BCUT2D eigenvalue weighted by Crippen LogP contribution is 2.46. The average Bonchev–Trinajstić information content (AvgIpc) is 3.00. The lowest BCUT2D eigenvalue weighted by molar-refractivity contribution is -0.200. The van der Waals surface area contributed by atoms with Crippen LogP contribution in [0.1, 0.15) is 39.5 Å². The maximum absolute atomic E-state index is 12.3. The minimum atomic E-state index is -0.737. The molecular formula is C17H27N3O5. The van der Waals surface area contributed by atoms with Crippen LogP contribution >= 0.6 is 0 Å². The van der Waals surface area contributed by atoms with Crippen molar-refractivity contribution in [2.75, 3.05) is 18.9 Å². The van der Waals surface area contributed by atoms with Gasteiger partial charge in [0.05, 0.1) is 25.4 Å². The smallest absolute Gasteiger partial charge is 0.351 e. The Bertz CT molecular complexity index is 689. The van der Waals surface area contributed by atoms with Crippen molar-refractivity contribution in [3.8, 4) is 0 Å². The minimum Gasteiger partial charge on any atom is -0.383 e. The van der Waals surface area contributed by atoms with Crippen LogP contribution in [0.2, 0.25) is 0 Å². The van der Waals surface area contributed by atoms with Crippen molar-refractivity contribution in [1.82, 2.24) is 9.55 Å². The Morgan fingerprint density at radius 3 is 2.76 bits per heavy atom. The maximum Gasteiger partial charge on any atom is 0.351 e. The highest BCUT2D eigenvalue weighted by Gasteiger charge is 2.63. The summed E-state index contributed by atoms with van der Waals surface area (Å²) in [5, 5.41) is 0. The van der Waals surface area contributed by atoms with Crippen LogP contribution in [-0.2, 0) is 18.9 Å². The lowest BCUT2D eigenvalue weighted by Gasteiger charge is -2.32. The molecule has 25 heavy (non-hydrogen) atoms. The molecule has 0 unspecified atom stereocenters. The molecule has 8 nitrogen and oxygen atoms in total. The molecule has 0 amide bonds. The van der Waals surface area contributed by atoms with Crippen molar-refractivity contribution in [1.29, 1.82) is 0 Å². The highest BCUT2D eigenvalue weighted by molar-refractivity contribution is 5.35. The first-order valence-corrected chi connectivity index (χ1v) is 8.65. The summed E-state index contributed by atoms with van der Waals surface area (Å²) in [6.07, 6.45) is 0.370. The van der Waals surface area contributed by atoms with Gasteiger partial charge in [-0.1, -0.05) is 0 Å². The number of nitrogens with two attached hydrogens (primary N) is 1. The summed E-state index contributed by atoms with van der Waals surface area (Å²) in [7, 11) is 0. The molecule has 140 valence electrons. The number of anilines is 1. The number of aromatic nitrogens is 2. The average molecular weight is 353 g/mol. The van der Waals surface area contributed by atoms with Gasteiger partial charge >= 0.3 is 5.69 Å². The summed E-state index contributed by atoms with van der Waals surface area (Å²) < 4.78 is 25.6. The van der Waals surface area contributed by atoms with Gasteiger partial charge in [0.25, 0.3) is 0 Å². The number of nitrogen functional groups attached to an aromatic ring is 1. The second-order valence-corrected chi connectivity index (χ2v) is 7.31. The van der Waals surface area contributed by atoms with E-state index in [0.29, 0.717) is 18.8 Å². The van der Waals surface area contributed by atoms with E-state index in [1.54, 1.807) is 13.1 Å². The zero-order valence-corrected chi connectivity index (χ0v) is 15.4. The Morgan fingerprint density at radius 2 is 2.12 bits per heavy atom. The van der Waals surface area contributed by atoms with Crippen molar-refractivity contribution in [3.63, 3.8) is 0 Å². The van der Waals surface area contributed by atoms with E-state index >= 15 is 0 Å². The summed E-state index contributed by atoms with van der Waals surface area (Å²) in [5.41, 5.74) is 5.23. The molecule has 2 fully saturated rings. The summed E-state index contributed by atoms with van der Waals surface area (Å²) in [6, 6.07) is 0. The first-order chi connectivity index (χ1) is 11.7. The van der Waals surface area contributed by atoms with Crippen LogP contribution in [0.15, 0.2) is 11.0 Å². The second kappa shape index (κ2) is 6.68. The van der Waals surface area contributed by atoms with Gasteiger partial charge in [-0.25, -0.2) is 4.79 Å². The van der Waals surface area contributed by atoms with Gasteiger partial charge in [0, 0.05) is 11.8 Å². The summed E-state index contributed by atoms with van der Waals surface area (Å²) in [6.45, 7) is 10.4. The predicted molar refractivity (Wildman–Crippen MR) is 91.3 cm³/mol. The molecule has 1 aromatic heterocycles. The Kier molecular flexibility index (Phi) is 4.89. The number of rotatable bonds is 6. The maximum atomic E-state index is 12.3. The van der Waals surface area contributed by atoms with Crippen LogP contribution in [0.5, 0.6) is 0 Å². The third-order valence-electron chi connectivity index (χ3n) is 4.50. The molecule has 8 heteroatoms. The molecule has 0 aliphatic carbocycles. The van der Waals surface area contributed by atoms with Crippen molar-refractivity contribution in [2.24, 2.45) is 0 Å². The molecule has 3 heterocycles. The quantitative estimate of drug-likeness (QED) is 0.815. The molecule has 2 saturated heterocycles. The van der Waals surface area contributed by atoms with E-state index in [1.165, 1.54) is 4.57 Å². The van der Waals surface area contributed by atoms with Crippen molar-refractivity contribution < 1.29 is 18.9 Å². The van der Waals surface area contributed by atoms with E-state index in [2.05, 4.69) is 4.98 Å². The minimum absolute atomic E-state index is 0.00187. The molecule has 1 aromatic rings. The van der Waals surface area contributed by atoms with Crippen LogP contribution in [0.25, 0.3) is 0 Å². The van der Waals surface area contributed by atoms with Gasteiger partial charge in [-0.2, -0.15) is 4.98 Å². The van der Waals surface area contributed by atoms with E-state index in [0.717, 1.165) is 0 Å². The van der Waals surface area contributed by atoms with E-state index < -0.39 is 23.6 Å². The molecule has 2 aliphatic rings. The SMILES string of the molecule is Cc1cn([C@@H]2O[C@@]3(COC(C)C)CO[C@@H]2[C@@H]3OC(C)C)c(=O)nc1N. The molecular weight excluding hydrogens is 326 g/mol. The fraction of sp³-hybridized carbons (Fsp3) is 0.765. The highest BCUT2D eigenvalue weighted by atomic mass is 16.7. The largest absolute Gasteiger partial charge is 0.383 e. The standard InChI is InChI=1S/C17H27N3O5/c1-9(2)22-7-17-8-23-12(13(17)24-10(3)4)15(25-17)20-6-11(5)14(18)19-16(20)21/h6,9-10,12-13,15H,7-8H2,1-5H3,(H2,18,19,21)/t12-,13+,15-,17+/m1/s1. The molecule has 2 bridgehead atoms. The first-order valence-electron chi connectivity index (χ1n) is 8.65. The van der Waals surface area contributed by atoms with Gasteiger partial charge in [0.1, 0.15) is 23.6 Å². The molecule has 2 N–H and O–H groups in total. The van der Waals surface area contributed by atoms with Gasteiger partial charge < -0.3 is 24.7 Å². The first kappa shape index (κ1) is 18.3. The molecule has 4 atom stereocenters. The number of nitrogens with zero attached hydrogens (tertiary/aromatic N) is 2. The number of hydrogen-bond acceptors (Lipinski definition) is 7. The predicted octanol–water partition coefficient (Wildman–Crippen LogP) is 1.02. The van der Waals surface area contributed by atoms with Crippen molar-refractivity contribution in [3.05, 3.63) is 22.2 Å². The van der Waals surface area contributed by atoms with Gasteiger partial charge in [0.2, 0.25) is 0 Å². The Balaban J connectivity index is 1.94. The van der Waals surface area contributed by atoms with E-state index in [4.69, 9.17) is 24.7 Å². The van der Waals surface area contributed by atoms with E-state index in [-0.39, 0.29) is 24.1 Å². The molecule has 3 rings (SSSR count). The third kappa shape index (κ3) is 3.31. The van der Waals surface area contributed by atoms with Crippen LogP contribution in [0.4, 0.5) is 5.82 Å². The van der Waals surface area contributed by atoms with Crippen LogP contribution in [0.3, 0.4) is 0 Å². The number of ether oxygens (including phenoxy) is 4. The molecule has 0 radical (unpaired) electrons. The van der Waals surface area contributed by atoms with Gasteiger partial charge in [-0.15, -0.1) is 0 Å². The van der Waals surface area contributed by atoms with Crippen LogP contribution < -0.4 is 11.4 Å². The van der Waals surface area contributed by atoms with E-state index in [9.17, 15) is 4.79 Å². The van der Waals surface area contributed by atoms with Gasteiger partial charge in [0.15, 0.2) is 6.23 Å². The summed E-state index contributed by atoms with van der Waals surface area (Å²) in [4.78, 5) is 16.2. The van der Waals surface area contributed by atoms with Crippen molar-refractivity contribution >= 4 is 5.82 Å². The lowest BCUT2D eigenvalue weighted by atomic mass is 9.99. The Labute approximate surface area is 147 Å². The monoisotopic (exact) mass is 353 g/mol. The third-order valence-corrected chi connectivity index (χ3v) is 4.50. The normalized spacial score (nSPS) is 31.4. The Morgan fingerprint density at radius 1 is 1.40 bits per heavy atom. The second-order valence-electron chi connectivity index (χ2n) is 7.31. The molecule has 0 aromatic carbocycles. The Hall–Kier alpha value is -1.48. The summed E-state index contributed by atoms with van der Waals surface area (Å²) >= 11 is 0. The molecule has 2 aliphatic heterocycles. The zero-order valence-electron chi connectivity index (χ0n) is 15.4. The fourth-order valence-electron chi connectivity index (χ4n) is 3.28. The van der Waals surface area contributed by atoms with E-state index in [1.807, 2.05) is 27.7 Å². The van der Waals surface area contributed by atoms with Crippen LogP contribution in [0, 0.1) is 6.92 Å². The molecule has 0 spiro atoms. The van der Waals surface area contributed by atoms with Gasteiger partial charge in [-0.3, -0.25) is 4.57 Å². The van der Waals surface area contributed by atoms with Crippen molar-refractivity contribution in [2.45, 2.75) is 70.9 Å². The number of hydrogen-bond donors (Lipinski definition) is 1.